The summed E-state index contributed by atoms with van der Waals surface area (Å²) in [5.74, 6) is -0.771. The number of urea groups is 1. The standard InChI is InChI=1S/C15H18N2O4/c18-13(19)15(5-6-15)11-1-3-12(4-2-11)16-14(20)17-7-9-21-10-8-17/h1-4H,5-10H2,(H,16,20)(H,18,19). The van der Waals surface area contributed by atoms with E-state index in [2.05, 4.69) is 5.32 Å². The SMILES string of the molecule is O=C(Nc1ccc(C2(C(=O)O)CC2)cc1)N1CCOCC1. The minimum absolute atomic E-state index is 0.148. The second-order valence-corrected chi connectivity index (χ2v) is 5.49. The van der Waals surface area contributed by atoms with Gasteiger partial charge in [0.1, 0.15) is 0 Å². The second-order valence-electron chi connectivity index (χ2n) is 5.49. The average molecular weight is 290 g/mol. The molecule has 0 unspecified atom stereocenters. The molecule has 1 aromatic rings. The van der Waals surface area contributed by atoms with Crippen LogP contribution >= 0.6 is 0 Å². The van der Waals surface area contributed by atoms with Crippen molar-refractivity contribution in [3.05, 3.63) is 29.8 Å². The van der Waals surface area contributed by atoms with E-state index in [-0.39, 0.29) is 6.03 Å². The molecule has 6 heteroatoms. The molecule has 0 radical (unpaired) electrons. The van der Waals surface area contributed by atoms with E-state index in [0.717, 1.165) is 5.56 Å². The molecule has 2 amide bonds. The first kappa shape index (κ1) is 13.9. The molecule has 1 aliphatic heterocycles. The van der Waals surface area contributed by atoms with E-state index in [9.17, 15) is 14.7 Å². The van der Waals surface area contributed by atoms with Crippen LogP contribution < -0.4 is 5.32 Å². The highest BCUT2D eigenvalue weighted by Gasteiger charge is 2.51. The minimum atomic E-state index is -0.771. The normalized spacial score (nSPS) is 19.9. The predicted octanol–water partition coefficient (Wildman–Crippen LogP) is 1.67. The molecule has 0 bridgehead atoms. The van der Waals surface area contributed by atoms with Crippen molar-refractivity contribution in [3.8, 4) is 0 Å². The number of benzene rings is 1. The molecule has 2 N–H and O–H groups in total. The molecular weight excluding hydrogens is 272 g/mol. The first-order chi connectivity index (χ1) is 10.1. The van der Waals surface area contributed by atoms with E-state index in [0.29, 0.717) is 44.8 Å². The largest absolute Gasteiger partial charge is 0.481 e. The van der Waals surface area contributed by atoms with Crippen LogP contribution in [0.5, 0.6) is 0 Å². The zero-order valence-electron chi connectivity index (χ0n) is 11.7. The summed E-state index contributed by atoms with van der Waals surface area (Å²) < 4.78 is 5.21. The van der Waals surface area contributed by atoms with Crippen LogP contribution in [0.4, 0.5) is 10.5 Å². The molecule has 1 aliphatic carbocycles. The third-order valence-electron chi connectivity index (χ3n) is 4.15. The highest BCUT2D eigenvalue weighted by Crippen LogP contribution is 2.48. The molecule has 2 aliphatic rings. The molecule has 1 aromatic carbocycles. The summed E-state index contributed by atoms with van der Waals surface area (Å²) in [7, 11) is 0. The maximum absolute atomic E-state index is 12.0. The fourth-order valence-electron chi connectivity index (χ4n) is 2.59. The van der Waals surface area contributed by atoms with Gasteiger partial charge in [0.25, 0.3) is 0 Å². The van der Waals surface area contributed by atoms with E-state index < -0.39 is 11.4 Å². The average Bonchev–Trinajstić information content (AvgIpc) is 3.31. The van der Waals surface area contributed by atoms with Crippen LogP contribution in [0.2, 0.25) is 0 Å². The van der Waals surface area contributed by atoms with E-state index in [4.69, 9.17) is 4.74 Å². The number of ether oxygens (including phenoxy) is 1. The summed E-state index contributed by atoms with van der Waals surface area (Å²) in [5, 5.41) is 12.1. The Morgan fingerprint density at radius 2 is 1.76 bits per heavy atom. The Hall–Kier alpha value is -2.08. The summed E-state index contributed by atoms with van der Waals surface area (Å²) >= 11 is 0. The van der Waals surface area contributed by atoms with Crippen molar-refractivity contribution in [2.45, 2.75) is 18.3 Å². The number of hydrogen-bond donors (Lipinski definition) is 2. The smallest absolute Gasteiger partial charge is 0.321 e. The molecule has 1 saturated heterocycles. The van der Waals surface area contributed by atoms with Crippen LogP contribution in [-0.2, 0) is 14.9 Å². The van der Waals surface area contributed by atoms with Gasteiger partial charge in [-0.1, -0.05) is 12.1 Å². The van der Waals surface area contributed by atoms with Crippen LogP contribution in [0.25, 0.3) is 0 Å². The lowest BCUT2D eigenvalue weighted by atomic mass is 9.96. The van der Waals surface area contributed by atoms with Gasteiger partial charge in [0.2, 0.25) is 0 Å². The quantitative estimate of drug-likeness (QED) is 0.887. The molecule has 3 rings (SSSR count). The Morgan fingerprint density at radius 1 is 1.14 bits per heavy atom. The van der Waals surface area contributed by atoms with Crippen molar-refractivity contribution in [3.63, 3.8) is 0 Å². The third kappa shape index (κ3) is 2.71. The molecule has 0 atom stereocenters. The van der Waals surface area contributed by atoms with Gasteiger partial charge in [-0.3, -0.25) is 4.79 Å². The van der Waals surface area contributed by atoms with Crippen molar-refractivity contribution in [2.24, 2.45) is 0 Å². The lowest BCUT2D eigenvalue weighted by Gasteiger charge is -2.27. The minimum Gasteiger partial charge on any atom is -0.481 e. The number of carboxylic acid groups (broad SMARTS) is 1. The Balaban J connectivity index is 1.65. The summed E-state index contributed by atoms with van der Waals surface area (Å²) in [6.07, 6.45) is 1.36. The number of amides is 2. The van der Waals surface area contributed by atoms with E-state index in [1.54, 1.807) is 29.2 Å². The van der Waals surface area contributed by atoms with E-state index in [1.165, 1.54) is 0 Å². The zero-order valence-corrected chi connectivity index (χ0v) is 11.7. The van der Waals surface area contributed by atoms with Crippen molar-refractivity contribution in [1.29, 1.82) is 0 Å². The molecular formula is C15H18N2O4. The van der Waals surface area contributed by atoms with Gasteiger partial charge < -0.3 is 20.1 Å². The monoisotopic (exact) mass is 290 g/mol. The Kier molecular flexibility index (Phi) is 3.55. The van der Waals surface area contributed by atoms with Crippen LogP contribution in [0.3, 0.4) is 0 Å². The van der Waals surface area contributed by atoms with Gasteiger partial charge in [0.15, 0.2) is 0 Å². The number of carbonyl (C=O) groups is 2. The van der Waals surface area contributed by atoms with Gasteiger partial charge in [-0.05, 0) is 30.5 Å². The topological polar surface area (TPSA) is 78.9 Å². The molecule has 112 valence electrons. The Morgan fingerprint density at radius 3 is 2.29 bits per heavy atom. The van der Waals surface area contributed by atoms with Crippen LogP contribution in [0.15, 0.2) is 24.3 Å². The fourth-order valence-corrected chi connectivity index (χ4v) is 2.59. The summed E-state index contributed by atoms with van der Waals surface area (Å²) in [6.45, 7) is 2.30. The van der Waals surface area contributed by atoms with Crippen molar-refractivity contribution in [2.75, 3.05) is 31.6 Å². The van der Waals surface area contributed by atoms with E-state index in [1.807, 2.05) is 0 Å². The number of nitrogens with zero attached hydrogens (tertiary/aromatic N) is 1. The number of rotatable bonds is 3. The molecule has 6 nitrogen and oxygen atoms in total. The number of carboxylic acids is 1. The number of nitrogens with one attached hydrogen (secondary N) is 1. The Bertz CT molecular complexity index is 545. The fraction of sp³-hybridized carbons (Fsp3) is 0.467. The number of aliphatic carboxylic acids is 1. The summed E-state index contributed by atoms with van der Waals surface area (Å²) in [6, 6.07) is 6.95. The number of anilines is 1. The van der Waals surface area contributed by atoms with E-state index >= 15 is 0 Å². The summed E-state index contributed by atoms with van der Waals surface area (Å²) in [5.41, 5.74) is 0.781. The van der Waals surface area contributed by atoms with Crippen LogP contribution in [0, 0.1) is 0 Å². The molecule has 21 heavy (non-hydrogen) atoms. The third-order valence-corrected chi connectivity index (χ3v) is 4.15. The number of carbonyl (C=O) groups excluding carboxylic acids is 1. The van der Waals surface area contributed by atoms with Crippen molar-refractivity contribution < 1.29 is 19.4 Å². The Labute approximate surface area is 122 Å². The van der Waals surface area contributed by atoms with Gasteiger partial charge in [-0.15, -0.1) is 0 Å². The van der Waals surface area contributed by atoms with Crippen molar-refractivity contribution in [1.82, 2.24) is 4.90 Å². The molecule has 0 aromatic heterocycles. The highest BCUT2D eigenvalue weighted by molar-refractivity contribution is 5.90. The zero-order chi connectivity index (χ0) is 14.9. The maximum atomic E-state index is 12.0. The molecule has 1 saturated carbocycles. The van der Waals surface area contributed by atoms with Gasteiger partial charge >= 0.3 is 12.0 Å². The number of morpholine rings is 1. The maximum Gasteiger partial charge on any atom is 0.321 e. The molecule has 2 fully saturated rings. The number of hydrogen-bond acceptors (Lipinski definition) is 3. The van der Waals surface area contributed by atoms with Crippen molar-refractivity contribution >= 4 is 17.7 Å². The second kappa shape index (κ2) is 5.37. The first-order valence-corrected chi connectivity index (χ1v) is 7.09. The lowest BCUT2D eigenvalue weighted by Crippen LogP contribution is -2.43. The van der Waals surface area contributed by atoms with Gasteiger partial charge in [0, 0.05) is 18.8 Å². The molecule has 0 spiro atoms. The molecule has 1 heterocycles. The predicted molar refractivity (Wildman–Crippen MR) is 76.4 cm³/mol. The van der Waals surface area contributed by atoms with Crippen LogP contribution in [0.1, 0.15) is 18.4 Å². The van der Waals surface area contributed by atoms with Crippen LogP contribution in [-0.4, -0.2) is 48.3 Å². The summed E-state index contributed by atoms with van der Waals surface area (Å²) in [4.78, 5) is 25.0. The lowest BCUT2D eigenvalue weighted by molar-refractivity contribution is -0.140. The highest BCUT2D eigenvalue weighted by atomic mass is 16.5. The first-order valence-electron chi connectivity index (χ1n) is 7.09. The van der Waals surface area contributed by atoms with Gasteiger partial charge in [-0.25, -0.2) is 4.79 Å². The van der Waals surface area contributed by atoms with Gasteiger partial charge in [0.05, 0.1) is 18.6 Å². The van der Waals surface area contributed by atoms with Gasteiger partial charge in [-0.2, -0.15) is 0 Å².